The third-order valence-corrected chi connectivity index (χ3v) is 4.60. The van der Waals surface area contributed by atoms with Crippen LogP contribution >= 0.6 is 0 Å². The number of hydrogen-bond acceptors (Lipinski definition) is 0. The molecule has 0 nitrogen and oxygen atoms in total. The van der Waals surface area contributed by atoms with Crippen LogP contribution in [0.15, 0.2) is 42.5 Å². The van der Waals surface area contributed by atoms with Crippen LogP contribution < -0.4 is 4.35 Å². The summed E-state index contributed by atoms with van der Waals surface area (Å²) < 4.78 is 1.40. The van der Waals surface area contributed by atoms with Gasteiger partial charge in [-0.3, -0.25) is 0 Å². The predicted octanol–water partition coefficient (Wildman–Crippen LogP) is 4.39. The van der Waals surface area contributed by atoms with Crippen molar-refractivity contribution in [1.29, 1.82) is 0 Å². The Bertz CT molecular complexity index is 524. The van der Waals surface area contributed by atoms with E-state index in [1.807, 2.05) is 0 Å². The van der Waals surface area contributed by atoms with Crippen molar-refractivity contribution in [2.45, 2.75) is 39.5 Å². The molecule has 2 aromatic rings. The number of benzene rings is 2. The van der Waals surface area contributed by atoms with E-state index in [9.17, 15) is 0 Å². The van der Waals surface area contributed by atoms with Gasteiger partial charge in [0.1, 0.15) is 0 Å². The first kappa shape index (κ1) is 14.4. The fraction of sp³-hybridized carbons (Fsp3) is 0.333. The summed E-state index contributed by atoms with van der Waals surface area (Å²) >= 11 is 2.77. The molecule has 2 aromatic carbocycles. The van der Waals surface area contributed by atoms with Gasteiger partial charge in [-0.15, -0.1) is 0 Å². The summed E-state index contributed by atoms with van der Waals surface area (Å²) in [4.78, 5) is 0. The Morgan fingerprint density at radius 1 is 0.737 bits per heavy atom. The molecule has 0 heterocycles. The van der Waals surface area contributed by atoms with E-state index in [1.54, 1.807) is 0 Å². The van der Waals surface area contributed by atoms with Gasteiger partial charge in [-0.05, 0) is 0 Å². The second-order valence-corrected chi connectivity index (χ2v) is 6.62. The Labute approximate surface area is 125 Å². The van der Waals surface area contributed by atoms with E-state index in [2.05, 4.69) is 87.0 Å². The summed E-state index contributed by atoms with van der Waals surface area (Å²) in [5.74, 6) is 1.11. The van der Waals surface area contributed by atoms with Crippen LogP contribution in [0.5, 0.6) is 0 Å². The van der Waals surface area contributed by atoms with Crippen molar-refractivity contribution in [3.05, 3.63) is 53.6 Å². The molecule has 0 atom stereocenters. The van der Waals surface area contributed by atoms with Crippen molar-refractivity contribution in [3.8, 4) is 11.1 Å². The van der Waals surface area contributed by atoms with Crippen LogP contribution in [0.2, 0.25) is 0 Å². The molecule has 1 heteroatoms. The van der Waals surface area contributed by atoms with E-state index >= 15 is 0 Å². The topological polar surface area (TPSA) is 0 Å². The van der Waals surface area contributed by atoms with E-state index in [4.69, 9.17) is 0 Å². The molecule has 0 N–H and O–H groups in total. The molecule has 0 bridgehead atoms. The molecule has 2 rings (SSSR count). The number of hydrogen-bond donors (Lipinski definition) is 0. The maximum atomic E-state index is 2.77. The Morgan fingerprint density at radius 2 is 1.21 bits per heavy atom. The summed E-state index contributed by atoms with van der Waals surface area (Å²) in [7, 11) is 0. The molecule has 2 radical (unpaired) electrons. The molecule has 0 aliphatic rings. The molecule has 0 aliphatic carbocycles. The molecule has 0 amide bonds. The van der Waals surface area contributed by atoms with Gasteiger partial charge in [-0.1, -0.05) is 0 Å². The van der Waals surface area contributed by atoms with Gasteiger partial charge in [-0.2, -0.15) is 0 Å². The van der Waals surface area contributed by atoms with Crippen molar-refractivity contribution in [1.82, 2.24) is 0 Å². The van der Waals surface area contributed by atoms with Gasteiger partial charge < -0.3 is 0 Å². The molecule has 0 aromatic heterocycles. The molecular weight excluding hydrogens is 291 g/mol. The monoisotopic (exact) mass is 312 g/mol. The van der Waals surface area contributed by atoms with E-state index in [1.165, 1.54) is 26.6 Å². The molecule has 0 saturated carbocycles. The van der Waals surface area contributed by atoms with E-state index in [0.717, 1.165) is 0 Å². The molecule has 0 fully saturated rings. The Hall–Kier alpha value is -1.00. The summed E-state index contributed by atoms with van der Waals surface area (Å²) in [6.45, 7) is 9.08. The average molecular weight is 312 g/mol. The average Bonchev–Trinajstić information content (AvgIpc) is 2.39. The van der Waals surface area contributed by atoms with Gasteiger partial charge in [0.25, 0.3) is 0 Å². The maximum absolute atomic E-state index is 2.77. The molecule has 0 saturated heterocycles. The van der Waals surface area contributed by atoms with Gasteiger partial charge in [0.05, 0.1) is 0 Å². The van der Waals surface area contributed by atoms with Crippen LogP contribution in [0.1, 0.15) is 50.7 Å². The SMILES string of the molecule is CC(C)c1cc(-c2ccccc2)cc(C(C)C)c1[As]. The third kappa shape index (κ3) is 3.12. The quantitative estimate of drug-likeness (QED) is 0.737. The molecule has 98 valence electrons. The first-order valence-corrected chi connectivity index (χ1v) is 7.86. The zero-order valence-electron chi connectivity index (χ0n) is 12.1. The van der Waals surface area contributed by atoms with Crippen molar-refractivity contribution in [3.63, 3.8) is 0 Å². The zero-order chi connectivity index (χ0) is 14.0. The van der Waals surface area contributed by atoms with Crippen molar-refractivity contribution < 1.29 is 0 Å². The van der Waals surface area contributed by atoms with Crippen molar-refractivity contribution >= 4 is 21.2 Å². The van der Waals surface area contributed by atoms with Crippen LogP contribution in [0.3, 0.4) is 0 Å². The van der Waals surface area contributed by atoms with Crippen LogP contribution in [0, 0.1) is 0 Å². The normalized spacial score (nSPS) is 11.3. The molecule has 0 unspecified atom stereocenters. The van der Waals surface area contributed by atoms with E-state index in [-0.39, 0.29) is 0 Å². The Morgan fingerprint density at radius 3 is 1.63 bits per heavy atom. The third-order valence-electron chi connectivity index (χ3n) is 3.52. The van der Waals surface area contributed by atoms with Crippen LogP contribution in [-0.2, 0) is 0 Å². The molecule has 0 aliphatic heterocycles. The Balaban J connectivity index is 2.63. The molecular formula is C18H21As. The standard InChI is InChI=1S/C18H21As/c1-12(2)16-10-15(14-8-6-5-7-9-14)11-17(13(3)4)18(16)19/h5-13H,1-4H3. The van der Waals surface area contributed by atoms with E-state index in [0.29, 0.717) is 11.8 Å². The predicted molar refractivity (Wildman–Crippen MR) is 85.4 cm³/mol. The van der Waals surface area contributed by atoms with Crippen LogP contribution in [0.4, 0.5) is 0 Å². The molecule has 0 spiro atoms. The van der Waals surface area contributed by atoms with Crippen molar-refractivity contribution in [2.24, 2.45) is 0 Å². The second-order valence-electron chi connectivity index (χ2n) is 5.68. The van der Waals surface area contributed by atoms with Gasteiger partial charge in [0, 0.05) is 0 Å². The first-order valence-electron chi connectivity index (χ1n) is 6.93. The second kappa shape index (κ2) is 5.97. The summed E-state index contributed by atoms with van der Waals surface area (Å²) in [6, 6.07) is 15.4. The van der Waals surface area contributed by atoms with Gasteiger partial charge in [0.15, 0.2) is 0 Å². The van der Waals surface area contributed by atoms with E-state index < -0.39 is 0 Å². The van der Waals surface area contributed by atoms with Gasteiger partial charge in [-0.25, -0.2) is 0 Å². The first-order chi connectivity index (χ1) is 9.00. The van der Waals surface area contributed by atoms with Crippen molar-refractivity contribution in [2.75, 3.05) is 0 Å². The summed E-state index contributed by atoms with van der Waals surface area (Å²) in [6.07, 6.45) is 0. The van der Waals surface area contributed by atoms with Gasteiger partial charge >= 0.3 is 125 Å². The summed E-state index contributed by atoms with van der Waals surface area (Å²) in [5, 5.41) is 0. The van der Waals surface area contributed by atoms with Gasteiger partial charge in [0.2, 0.25) is 0 Å². The summed E-state index contributed by atoms with van der Waals surface area (Å²) in [5.41, 5.74) is 5.54. The van der Waals surface area contributed by atoms with Crippen LogP contribution in [-0.4, -0.2) is 16.9 Å². The minimum atomic E-state index is 0.555. The number of rotatable bonds is 3. The minimum absolute atomic E-state index is 0.555. The fourth-order valence-electron chi connectivity index (χ4n) is 2.36. The fourth-order valence-corrected chi connectivity index (χ4v) is 3.71. The molecule has 19 heavy (non-hydrogen) atoms. The zero-order valence-corrected chi connectivity index (χ0v) is 14.0. The van der Waals surface area contributed by atoms with Crippen LogP contribution in [0.25, 0.3) is 11.1 Å². The Kier molecular flexibility index (Phi) is 4.53.